The van der Waals surface area contributed by atoms with Crippen molar-refractivity contribution in [3.05, 3.63) is 82.2 Å². The van der Waals surface area contributed by atoms with Crippen molar-refractivity contribution in [2.24, 2.45) is 0 Å². The number of anilines is 2. The van der Waals surface area contributed by atoms with Crippen LogP contribution in [0.3, 0.4) is 0 Å². The Kier molecular flexibility index (Phi) is 7.32. The van der Waals surface area contributed by atoms with Crippen LogP contribution in [0, 0.1) is 11.8 Å². The first-order valence-corrected chi connectivity index (χ1v) is 12.3. The van der Waals surface area contributed by atoms with E-state index in [2.05, 4.69) is 37.3 Å². The summed E-state index contributed by atoms with van der Waals surface area (Å²) >= 11 is 0. The van der Waals surface area contributed by atoms with E-state index in [1.54, 1.807) is 18.3 Å². The van der Waals surface area contributed by atoms with Crippen molar-refractivity contribution in [3.63, 3.8) is 0 Å². The molecule has 5 rings (SSSR count). The lowest BCUT2D eigenvalue weighted by Gasteiger charge is -2.33. The smallest absolute Gasteiger partial charge is 0.310 e. The van der Waals surface area contributed by atoms with Gasteiger partial charge in [-0.15, -0.1) is 0 Å². The number of alkyl halides is 3. The summed E-state index contributed by atoms with van der Waals surface area (Å²) in [7, 11) is 1.98. The topological polar surface area (TPSA) is 90.5 Å². The molecule has 4 heterocycles. The van der Waals surface area contributed by atoms with Gasteiger partial charge in [-0.25, -0.2) is 9.97 Å². The summed E-state index contributed by atoms with van der Waals surface area (Å²) in [6.07, 6.45) is -1.35. The van der Waals surface area contributed by atoms with Crippen LogP contribution in [0.1, 0.15) is 38.2 Å². The summed E-state index contributed by atoms with van der Waals surface area (Å²) in [6, 6.07) is 8.62. The van der Waals surface area contributed by atoms with Crippen LogP contribution in [0.25, 0.3) is 0 Å². The largest absolute Gasteiger partial charge is 0.416 e. The van der Waals surface area contributed by atoms with Crippen LogP contribution < -0.4 is 10.6 Å². The van der Waals surface area contributed by atoms with Crippen molar-refractivity contribution in [1.29, 1.82) is 0 Å². The van der Waals surface area contributed by atoms with Crippen LogP contribution in [0.15, 0.2) is 48.8 Å². The van der Waals surface area contributed by atoms with Crippen LogP contribution in [-0.2, 0) is 23.9 Å². The summed E-state index contributed by atoms with van der Waals surface area (Å²) in [6.45, 7) is 3.11. The highest BCUT2D eigenvalue weighted by molar-refractivity contribution is 6.04. The van der Waals surface area contributed by atoms with E-state index in [-0.39, 0.29) is 35.8 Å². The van der Waals surface area contributed by atoms with Gasteiger partial charge in [-0.2, -0.15) is 13.2 Å². The fourth-order valence-corrected chi connectivity index (χ4v) is 4.45. The third-order valence-electron chi connectivity index (χ3n) is 6.60. The Bertz CT molecular complexity index is 1490. The zero-order valence-electron chi connectivity index (χ0n) is 21.1. The van der Waals surface area contributed by atoms with Gasteiger partial charge in [-0.05, 0) is 42.9 Å². The van der Waals surface area contributed by atoms with Crippen molar-refractivity contribution in [2.45, 2.75) is 19.1 Å². The molecule has 200 valence electrons. The van der Waals surface area contributed by atoms with Crippen molar-refractivity contribution >= 4 is 23.5 Å². The van der Waals surface area contributed by atoms with Crippen LogP contribution in [0.4, 0.5) is 24.8 Å². The average molecular weight is 535 g/mol. The van der Waals surface area contributed by atoms with Gasteiger partial charge in [0, 0.05) is 67.4 Å². The lowest BCUT2D eigenvalue weighted by molar-refractivity contribution is -0.138. The number of halogens is 3. The van der Waals surface area contributed by atoms with Crippen LogP contribution >= 0.6 is 0 Å². The van der Waals surface area contributed by atoms with Crippen molar-refractivity contribution in [2.75, 3.05) is 43.9 Å². The Morgan fingerprint density at radius 2 is 1.82 bits per heavy atom. The molecular weight excluding hydrogens is 509 g/mol. The van der Waals surface area contributed by atoms with Crippen LogP contribution in [0.5, 0.6) is 0 Å². The number of benzene rings is 1. The fraction of sp³-hybridized carbons (Fsp3) is 0.286. The molecule has 0 saturated carbocycles. The molecule has 0 unspecified atom stereocenters. The number of nitrogens with zero attached hydrogens (tertiary/aromatic N) is 4. The molecule has 1 fully saturated rings. The number of fused-ring (bicyclic) bond motifs is 1. The molecule has 8 nitrogen and oxygen atoms in total. The molecule has 2 aromatic heterocycles. The van der Waals surface area contributed by atoms with E-state index in [4.69, 9.17) is 0 Å². The molecular formula is C28H25F3N6O2. The number of hydrogen-bond donors (Lipinski definition) is 2. The molecule has 1 saturated heterocycles. The molecule has 2 amide bonds. The zero-order valence-corrected chi connectivity index (χ0v) is 21.1. The Labute approximate surface area is 223 Å². The summed E-state index contributed by atoms with van der Waals surface area (Å²) in [4.78, 5) is 36.8. The van der Waals surface area contributed by atoms with Crippen LogP contribution in [0.2, 0.25) is 0 Å². The molecule has 0 radical (unpaired) electrons. The van der Waals surface area contributed by atoms with Gasteiger partial charge in [0.2, 0.25) is 5.91 Å². The minimum Gasteiger partial charge on any atom is -0.310 e. The second-order valence-electron chi connectivity index (χ2n) is 9.54. The van der Waals surface area contributed by atoms with Gasteiger partial charge in [0.15, 0.2) is 0 Å². The Balaban J connectivity index is 1.30. The predicted octanol–water partition coefficient (Wildman–Crippen LogP) is 3.39. The summed E-state index contributed by atoms with van der Waals surface area (Å²) in [5.74, 6) is 5.77. The first kappa shape index (κ1) is 26.3. The predicted molar refractivity (Wildman–Crippen MR) is 139 cm³/mol. The van der Waals surface area contributed by atoms with E-state index in [0.29, 0.717) is 30.0 Å². The lowest BCUT2D eigenvalue weighted by Crippen LogP contribution is -2.44. The van der Waals surface area contributed by atoms with E-state index in [9.17, 15) is 22.8 Å². The second-order valence-corrected chi connectivity index (χ2v) is 9.54. The highest BCUT2D eigenvalue weighted by Crippen LogP contribution is 2.33. The molecule has 2 aliphatic rings. The highest BCUT2D eigenvalue weighted by atomic mass is 19.4. The molecule has 3 aromatic rings. The molecule has 1 aromatic carbocycles. The Morgan fingerprint density at radius 1 is 1.05 bits per heavy atom. The average Bonchev–Trinajstić information content (AvgIpc) is 3.28. The number of pyridine rings is 2. The van der Waals surface area contributed by atoms with Gasteiger partial charge in [-0.3, -0.25) is 14.5 Å². The van der Waals surface area contributed by atoms with Gasteiger partial charge < -0.3 is 15.5 Å². The third kappa shape index (κ3) is 6.42. The number of carbonyl (C=O) groups is 2. The van der Waals surface area contributed by atoms with Gasteiger partial charge in [0.25, 0.3) is 5.91 Å². The highest BCUT2D eigenvalue weighted by Gasteiger charge is 2.34. The number of carbonyl (C=O) groups excluding carboxylic acids is 2. The molecule has 2 aliphatic heterocycles. The molecule has 0 bridgehead atoms. The lowest BCUT2D eigenvalue weighted by atomic mass is 10.0. The number of rotatable bonds is 4. The van der Waals surface area contributed by atoms with Crippen molar-refractivity contribution < 1.29 is 22.8 Å². The van der Waals surface area contributed by atoms with E-state index in [1.807, 2.05) is 11.9 Å². The Morgan fingerprint density at radius 3 is 2.59 bits per heavy atom. The second kappa shape index (κ2) is 10.8. The quantitative estimate of drug-likeness (QED) is 0.499. The maximum Gasteiger partial charge on any atom is 0.416 e. The van der Waals surface area contributed by atoms with Gasteiger partial charge in [0.1, 0.15) is 11.6 Å². The van der Waals surface area contributed by atoms with E-state index < -0.39 is 17.6 Å². The molecule has 0 spiro atoms. The third-order valence-corrected chi connectivity index (χ3v) is 6.60. The molecule has 11 heteroatoms. The molecule has 2 N–H and O–H groups in total. The zero-order chi connectivity index (χ0) is 27.6. The monoisotopic (exact) mass is 534 g/mol. The van der Waals surface area contributed by atoms with Crippen LogP contribution in [-0.4, -0.2) is 64.8 Å². The standard InChI is InChI=1S/C28H25F3N6O2/c1-36-8-10-37(11-9-36)17-21-5-4-20(14-23(21)28(29,30)31)27(39)34-24-13-18(6-7-32-24)2-3-19-12-22-15-25(38)35-26(22)33-16-19/h4-7,12-14,16H,8-11,15,17H2,1H3,(H,32,34,39)(H,33,35,38). The first-order valence-electron chi connectivity index (χ1n) is 12.3. The fourth-order valence-electron chi connectivity index (χ4n) is 4.45. The summed E-state index contributed by atoms with van der Waals surface area (Å²) < 4.78 is 41.7. The minimum atomic E-state index is -4.60. The first-order chi connectivity index (χ1) is 18.6. The van der Waals surface area contributed by atoms with E-state index in [0.717, 1.165) is 24.7 Å². The van der Waals surface area contributed by atoms with E-state index >= 15 is 0 Å². The number of nitrogens with one attached hydrogen (secondary N) is 2. The number of hydrogen-bond acceptors (Lipinski definition) is 6. The normalized spacial score (nSPS) is 15.7. The van der Waals surface area contributed by atoms with E-state index in [1.165, 1.54) is 24.4 Å². The summed E-state index contributed by atoms with van der Waals surface area (Å²) in [5.41, 5.74) is 1.12. The number of amides is 2. The molecule has 0 aliphatic carbocycles. The molecule has 0 atom stereocenters. The van der Waals surface area contributed by atoms with Gasteiger partial charge in [0.05, 0.1) is 12.0 Å². The SMILES string of the molecule is CN1CCN(Cc2ccc(C(=O)Nc3cc(C#Cc4cnc5c(c4)CC(=O)N5)ccn3)cc2C(F)(F)F)CC1. The Hall–Kier alpha value is -4.27. The van der Waals surface area contributed by atoms with Gasteiger partial charge in [-0.1, -0.05) is 17.9 Å². The van der Waals surface area contributed by atoms with Gasteiger partial charge >= 0.3 is 6.18 Å². The minimum absolute atomic E-state index is 0.116. The van der Waals surface area contributed by atoms with Crippen molar-refractivity contribution in [1.82, 2.24) is 19.8 Å². The summed E-state index contributed by atoms with van der Waals surface area (Å²) in [5, 5.41) is 5.22. The number of likely N-dealkylation sites (N-methyl/N-ethyl adjacent to an activating group) is 1. The number of piperazine rings is 1. The maximum atomic E-state index is 13.9. The number of aromatic nitrogens is 2. The maximum absolute atomic E-state index is 13.9. The molecule has 39 heavy (non-hydrogen) atoms. The van der Waals surface area contributed by atoms with Crippen molar-refractivity contribution in [3.8, 4) is 11.8 Å².